The zero-order valence-electron chi connectivity index (χ0n) is 36.6. The zero-order valence-corrected chi connectivity index (χ0v) is 37.5. The number of unbranched alkanes of at least 4 members (excludes halogenated alkanes) is 22. The summed E-state index contributed by atoms with van der Waals surface area (Å²) in [5.74, 6) is -0.872. The summed E-state index contributed by atoms with van der Waals surface area (Å²) < 4.78 is 32.8. The van der Waals surface area contributed by atoms with E-state index in [1.807, 2.05) is 0 Å². The van der Waals surface area contributed by atoms with E-state index in [4.69, 9.17) is 24.3 Å². The predicted molar refractivity (Wildman–Crippen MR) is 238 cm³/mol. The molecular weight excluding hydrogens is 737 g/mol. The molecule has 3 N–H and O–H groups in total. The first kappa shape index (κ1) is 55.0. The van der Waals surface area contributed by atoms with Crippen LogP contribution < -0.4 is 5.73 Å². The summed E-state index contributed by atoms with van der Waals surface area (Å²) in [6, 6.07) is 0. The van der Waals surface area contributed by atoms with E-state index in [1.165, 1.54) is 109 Å². The number of rotatable bonds is 43. The van der Waals surface area contributed by atoms with Crippen LogP contribution in [0.5, 0.6) is 0 Å². The van der Waals surface area contributed by atoms with Gasteiger partial charge >= 0.3 is 19.8 Å². The fourth-order valence-electron chi connectivity index (χ4n) is 6.33. The molecular formula is C47H86NO8P. The van der Waals surface area contributed by atoms with Crippen molar-refractivity contribution in [2.24, 2.45) is 5.73 Å². The van der Waals surface area contributed by atoms with Gasteiger partial charge in [0.1, 0.15) is 6.61 Å². The topological polar surface area (TPSA) is 134 Å². The minimum atomic E-state index is -4.39. The van der Waals surface area contributed by atoms with Crippen molar-refractivity contribution in [3.8, 4) is 0 Å². The van der Waals surface area contributed by atoms with Gasteiger partial charge in [0.25, 0.3) is 0 Å². The number of esters is 2. The molecule has 10 heteroatoms. The summed E-state index contributed by atoms with van der Waals surface area (Å²) in [5, 5.41) is 0. The number of allylic oxidation sites excluding steroid dienone is 8. The smallest absolute Gasteiger partial charge is 0.462 e. The van der Waals surface area contributed by atoms with Gasteiger partial charge in [0.05, 0.1) is 13.2 Å². The van der Waals surface area contributed by atoms with Crippen LogP contribution in [0.25, 0.3) is 0 Å². The van der Waals surface area contributed by atoms with Gasteiger partial charge in [-0.15, -0.1) is 0 Å². The van der Waals surface area contributed by atoms with E-state index in [0.29, 0.717) is 12.8 Å². The van der Waals surface area contributed by atoms with Crippen LogP contribution in [0.15, 0.2) is 48.6 Å². The second kappa shape index (κ2) is 43.5. The van der Waals surface area contributed by atoms with Crippen molar-refractivity contribution in [1.29, 1.82) is 0 Å². The van der Waals surface area contributed by atoms with E-state index in [9.17, 15) is 19.0 Å². The second-order valence-electron chi connectivity index (χ2n) is 15.2. The molecule has 1 unspecified atom stereocenters. The van der Waals surface area contributed by atoms with Gasteiger partial charge in [0.15, 0.2) is 6.10 Å². The molecule has 0 aromatic carbocycles. The first-order valence-corrected chi connectivity index (χ1v) is 24.6. The second-order valence-corrected chi connectivity index (χ2v) is 16.7. The Kier molecular flexibility index (Phi) is 42.0. The lowest BCUT2D eigenvalue weighted by Gasteiger charge is -2.19. The molecule has 0 saturated heterocycles. The molecule has 0 aliphatic rings. The molecule has 0 saturated carbocycles. The van der Waals surface area contributed by atoms with Crippen LogP contribution in [0.4, 0.5) is 0 Å². The van der Waals surface area contributed by atoms with Crippen molar-refractivity contribution in [2.45, 2.75) is 213 Å². The first-order chi connectivity index (χ1) is 27.8. The van der Waals surface area contributed by atoms with Crippen LogP contribution in [0.3, 0.4) is 0 Å². The highest BCUT2D eigenvalue weighted by Gasteiger charge is 2.26. The number of carbonyl (C=O) groups is 2. The number of hydrogen-bond donors (Lipinski definition) is 2. The minimum Gasteiger partial charge on any atom is -0.462 e. The van der Waals surface area contributed by atoms with Gasteiger partial charge in [0.2, 0.25) is 0 Å². The van der Waals surface area contributed by atoms with Crippen LogP contribution in [-0.4, -0.2) is 49.3 Å². The third kappa shape index (κ3) is 43.4. The number of nitrogens with two attached hydrogens (primary N) is 1. The van der Waals surface area contributed by atoms with E-state index < -0.39 is 32.5 Å². The van der Waals surface area contributed by atoms with Gasteiger partial charge in [-0.1, -0.05) is 191 Å². The number of phosphoric acid groups is 1. The van der Waals surface area contributed by atoms with Gasteiger partial charge in [-0.3, -0.25) is 18.6 Å². The Balaban J connectivity index is 4.12. The van der Waals surface area contributed by atoms with E-state index >= 15 is 0 Å². The van der Waals surface area contributed by atoms with E-state index in [1.54, 1.807) is 0 Å². The maximum Gasteiger partial charge on any atom is 0.472 e. The number of ether oxygens (including phenoxy) is 2. The third-order valence-corrected chi connectivity index (χ3v) is 10.7. The van der Waals surface area contributed by atoms with Crippen LogP contribution in [-0.2, 0) is 32.7 Å². The molecule has 57 heavy (non-hydrogen) atoms. The Bertz CT molecular complexity index is 1080. The van der Waals surface area contributed by atoms with E-state index in [0.717, 1.165) is 57.8 Å². The Hall–Kier alpha value is -2.03. The molecule has 0 aromatic rings. The summed E-state index contributed by atoms with van der Waals surface area (Å²) in [6.45, 7) is 3.59. The molecule has 0 aliphatic heterocycles. The number of carbonyl (C=O) groups excluding carboxylic acids is 2. The molecule has 0 aliphatic carbocycles. The molecule has 0 bridgehead atoms. The van der Waals surface area contributed by atoms with Crippen LogP contribution in [0, 0.1) is 0 Å². The molecule has 2 atom stereocenters. The standard InChI is InChI=1S/C47H86NO8P/c1-3-5-7-9-11-13-15-17-19-20-21-22-23-24-26-28-30-32-34-36-38-40-47(50)56-45(44-55-57(51,52)54-42-41-48)43-53-46(49)39-37-35-33-31-29-27-25-18-16-14-12-10-8-6-4-2/h6,8,12,14,18,25,29,31,45H,3-5,7,9-11,13,15-17,19-24,26-28,30,32-44,48H2,1-2H3,(H,51,52)/t45-/m1/s1. The number of phosphoric ester groups is 1. The molecule has 0 heterocycles. The average Bonchev–Trinajstić information content (AvgIpc) is 3.20. The van der Waals surface area contributed by atoms with Crippen molar-refractivity contribution in [1.82, 2.24) is 0 Å². The Labute approximate surface area is 349 Å². The first-order valence-electron chi connectivity index (χ1n) is 23.1. The minimum absolute atomic E-state index is 0.0473. The van der Waals surface area contributed by atoms with Crippen molar-refractivity contribution >= 4 is 19.8 Å². The Morgan fingerprint density at radius 1 is 0.544 bits per heavy atom. The van der Waals surface area contributed by atoms with Crippen molar-refractivity contribution in [3.05, 3.63) is 48.6 Å². The van der Waals surface area contributed by atoms with Crippen LogP contribution in [0.1, 0.15) is 206 Å². The van der Waals surface area contributed by atoms with Crippen LogP contribution >= 0.6 is 7.82 Å². The van der Waals surface area contributed by atoms with Gasteiger partial charge in [-0.05, 0) is 51.4 Å². The van der Waals surface area contributed by atoms with Crippen LogP contribution in [0.2, 0.25) is 0 Å². The lowest BCUT2D eigenvalue weighted by molar-refractivity contribution is -0.161. The predicted octanol–water partition coefficient (Wildman–Crippen LogP) is 13.5. The highest BCUT2D eigenvalue weighted by molar-refractivity contribution is 7.47. The Morgan fingerprint density at radius 2 is 0.965 bits per heavy atom. The van der Waals surface area contributed by atoms with Crippen molar-refractivity contribution in [2.75, 3.05) is 26.4 Å². The molecule has 0 spiro atoms. The highest BCUT2D eigenvalue weighted by atomic mass is 31.2. The number of hydrogen-bond acceptors (Lipinski definition) is 8. The lowest BCUT2D eigenvalue weighted by atomic mass is 10.0. The SMILES string of the molecule is CCC=CCC=CCC=CCC=CCCCCC(=O)OC[C@H](COP(=O)(O)OCCN)OC(=O)CCCCCCCCCCCCCCCCCCCCCCC. The zero-order chi connectivity index (χ0) is 41.8. The average molecular weight is 824 g/mol. The molecule has 0 rings (SSSR count). The monoisotopic (exact) mass is 824 g/mol. The lowest BCUT2D eigenvalue weighted by Crippen LogP contribution is -2.29. The molecule has 332 valence electrons. The van der Waals surface area contributed by atoms with Crippen molar-refractivity contribution in [3.63, 3.8) is 0 Å². The largest absolute Gasteiger partial charge is 0.472 e. The van der Waals surface area contributed by atoms with Gasteiger partial charge in [-0.2, -0.15) is 0 Å². The molecule has 0 aromatic heterocycles. The van der Waals surface area contributed by atoms with Gasteiger partial charge < -0.3 is 20.1 Å². The highest BCUT2D eigenvalue weighted by Crippen LogP contribution is 2.43. The molecule has 0 radical (unpaired) electrons. The molecule has 0 fully saturated rings. The van der Waals surface area contributed by atoms with Gasteiger partial charge in [0, 0.05) is 19.4 Å². The normalized spacial score (nSPS) is 13.7. The molecule has 0 amide bonds. The fraction of sp³-hybridized carbons (Fsp3) is 0.787. The maximum absolute atomic E-state index is 12.6. The van der Waals surface area contributed by atoms with Crippen molar-refractivity contribution < 1.29 is 37.6 Å². The quantitative estimate of drug-likeness (QED) is 0.0267. The fourth-order valence-corrected chi connectivity index (χ4v) is 7.10. The summed E-state index contributed by atoms with van der Waals surface area (Å²) in [4.78, 5) is 34.9. The summed E-state index contributed by atoms with van der Waals surface area (Å²) in [6.07, 6.45) is 50.1. The summed E-state index contributed by atoms with van der Waals surface area (Å²) in [7, 11) is -4.39. The van der Waals surface area contributed by atoms with E-state index in [2.05, 4.69) is 62.5 Å². The van der Waals surface area contributed by atoms with E-state index in [-0.39, 0.29) is 32.6 Å². The third-order valence-electron chi connectivity index (χ3n) is 9.73. The Morgan fingerprint density at radius 3 is 1.44 bits per heavy atom. The maximum atomic E-state index is 12.6. The summed E-state index contributed by atoms with van der Waals surface area (Å²) >= 11 is 0. The van der Waals surface area contributed by atoms with Gasteiger partial charge in [-0.25, -0.2) is 4.57 Å². The molecule has 9 nitrogen and oxygen atoms in total. The summed E-state index contributed by atoms with van der Waals surface area (Å²) in [5.41, 5.74) is 5.35.